The summed E-state index contributed by atoms with van der Waals surface area (Å²) in [5, 5.41) is 2.13. The van der Waals surface area contributed by atoms with Crippen LogP contribution in [0.4, 0.5) is 23.2 Å². The average Bonchev–Trinajstić information content (AvgIpc) is 2.37. The highest BCUT2D eigenvalue weighted by Gasteiger charge is 2.24. The Morgan fingerprint density at radius 2 is 1.74 bits per heavy atom. The minimum absolute atomic E-state index is 0.0828. The quantitative estimate of drug-likeness (QED) is 0.511. The lowest BCUT2D eigenvalue weighted by Gasteiger charge is -2.17. The second-order valence-electron chi connectivity index (χ2n) is 3.70. The van der Waals surface area contributed by atoms with E-state index in [1.54, 1.807) is 13.8 Å². The van der Waals surface area contributed by atoms with Gasteiger partial charge in [0.05, 0.1) is 6.61 Å². The van der Waals surface area contributed by atoms with Crippen LogP contribution in [0.1, 0.15) is 20.3 Å². The zero-order valence-corrected chi connectivity index (χ0v) is 10.4. The molecule has 0 aliphatic heterocycles. The first-order chi connectivity index (χ1) is 8.92. The molecule has 0 aliphatic rings. The van der Waals surface area contributed by atoms with E-state index < -0.39 is 41.0 Å². The molecule has 0 bridgehead atoms. The molecule has 106 valence electrons. The van der Waals surface area contributed by atoms with Crippen molar-refractivity contribution in [3.05, 3.63) is 29.3 Å². The van der Waals surface area contributed by atoms with Crippen molar-refractivity contribution in [3.63, 3.8) is 0 Å². The highest BCUT2D eigenvalue weighted by Crippen LogP contribution is 2.25. The zero-order valence-electron chi connectivity index (χ0n) is 10.4. The molecule has 0 radical (unpaired) electrons. The third kappa shape index (κ3) is 3.36. The van der Waals surface area contributed by atoms with Gasteiger partial charge in [0.1, 0.15) is 11.7 Å². The van der Waals surface area contributed by atoms with E-state index in [1.807, 2.05) is 0 Å². The normalized spacial score (nSPS) is 12.1. The zero-order chi connectivity index (χ0) is 14.6. The first-order valence-electron chi connectivity index (χ1n) is 5.68. The topological polar surface area (TPSA) is 38.3 Å². The van der Waals surface area contributed by atoms with E-state index in [1.165, 1.54) is 0 Å². The fraction of sp³-hybridized carbons (Fsp3) is 0.417. The fourth-order valence-corrected chi connectivity index (χ4v) is 1.44. The van der Waals surface area contributed by atoms with Crippen LogP contribution in [0.5, 0.6) is 0 Å². The summed E-state index contributed by atoms with van der Waals surface area (Å²) >= 11 is 0. The van der Waals surface area contributed by atoms with Crippen LogP contribution in [0.25, 0.3) is 0 Å². The van der Waals surface area contributed by atoms with Gasteiger partial charge in [-0.05, 0) is 13.3 Å². The van der Waals surface area contributed by atoms with Crippen molar-refractivity contribution in [1.29, 1.82) is 0 Å². The summed E-state index contributed by atoms with van der Waals surface area (Å²) in [5.41, 5.74) is -1.02. The summed E-state index contributed by atoms with van der Waals surface area (Å²) in [5.74, 6) is -7.00. The van der Waals surface area contributed by atoms with Crippen molar-refractivity contribution in [3.8, 4) is 0 Å². The second-order valence-corrected chi connectivity index (χ2v) is 3.70. The van der Waals surface area contributed by atoms with E-state index in [0.717, 1.165) is 0 Å². The summed E-state index contributed by atoms with van der Waals surface area (Å²) in [6.07, 6.45) is 0.135. The molecule has 1 rings (SSSR count). The highest BCUT2D eigenvalue weighted by atomic mass is 19.2. The van der Waals surface area contributed by atoms with Gasteiger partial charge in [-0.2, -0.15) is 0 Å². The number of hydrogen-bond acceptors (Lipinski definition) is 3. The molecule has 1 aromatic carbocycles. The predicted molar refractivity (Wildman–Crippen MR) is 60.6 cm³/mol. The van der Waals surface area contributed by atoms with Crippen LogP contribution in [0.3, 0.4) is 0 Å². The number of carbonyl (C=O) groups is 1. The van der Waals surface area contributed by atoms with Gasteiger partial charge in [-0.3, -0.25) is 0 Å². The average molecular weight is 279 g/mol. The van der Waals surface area contributed by atoms with Gasteiger partial charge in [-0.1, -0.05) is 6.92 Å². The molecule has 0 aliphatic carbocycles. The van der Waals surface area contributed by atoms with Crippen molar-refractivity contribution in [1.82, 2.24) is 0 Å². The minimum atomic E-state index is -1.58. The van der Waals surface area contributed by atoms with Crippen LogP contribution in [0.15, 0.2) is 6.07 Å². The number of ether oxygens (including phenoxy) is 1. The van der Waals surface area contributed by atoms with Crippen molar-refractivity contribution in [2.75, 3.05) is 11.9 Å². The Kier molecular flexibility index (Phi) is 5.14. The molecule has 0 heterocycles. The van der Waals surface area contributed by atoms with E-state index in [-0.39, 0.29) is 19.1 Å². The number of anilines is 1. The molecule has 3 nitrogen and oxygen atoms in total. The first kappa shape index (κ1) is 15.3. The Hall–Kier alpha value is -1.79. The molecule has 0 saturated carbocycles. The Morgan fingerprint density at radius 1 is 1.21 bits per heavy atom. The molecule has 1 aromatic rings. The highest BCUT2D eigenvalue weighted by molar-refractivity contribution is 5.79. The molecule has 0 aromatic heterocycles. The number of halogens is 4. The molecule has 0 amide bonds. The van der Waals surface area contributed by atoms with Gasteiger partial charge in [0.25, 0.3) is 0 Å². The maximum absolute atomic E-state index is 13.4. The van der Waals surface area contributed by atoms with Crippen molar-refractivity contribution >= 4 is 11.7 Å². The Labute approximate surface area is 107 Å². The first-order valence-corrected chi connectivity index (χ1v) is 5.68. The molecule has 1 unspecified atom stereocenters. The van der Waals surface area contributed by atoms with Gasteiger partial charge in [-0.15, -0.1) is 0 Å². The third-order valence-electron chi connectivity index (χ3n) is 2.41. The molecule has 1 N–H and O–H groups in total. The standard InChI is InChI=1S/C12H13F4NO2/c1-3-8(12(18)19-4-2)17-11-9(15)6(13)5-7(14)10(11)16/h5,8,17H,3-4H2,1-2H3. The van der Waals surface area contributed by atoms with Crippen LogP contribution in [-0.4, -0.2) is 18.6 Å². The van der Waals surface area contributed by atoms with Crippen LogP contribution >= 0.6 is 0 Å². The predicted octanol–water partition coefficient (Wildman–Crippen LogP) is 3.00. The lowest BCUT2D eigenvalue weighted by atomic mass is 10.2. The lowest BCUT2D eigenvalue weighted by molar-refractivity contribution is -0.144. The lowest BCUT2D eigenvalue weighted by Crippen LogP contribution is -2.31. The molecule has 0 spiro atoms. The number of benzene rings is 1. The summed E-state index contributed by atoms with van der Waals surface area (Å²) in [7, 11) is 0. The van der Waals surface area contributed by atoms with Gasteiger partial charge < -0.3 is 10.1 Å². The molecular weight excluding hydrogens is 266 g/mol. The molecule has 0 saturated heterocycles. The third-order valence-corrected chi connectivity index (χ3v) is 2.41. The molecular formula is C12H13F4NO2. The van der Waals surface area contributed by atoms with E-state index in [9.17, 15) is 22.4 Å². The van der Waals surface area contributed by atoms with Crippen molar-refractivity contribution in [2.24, 2.45) is 0 Å². The Balaban J connectivity index is 3.07. The van der Waals surface area contributed by atoms with Gasteiger partial charge >= 0.3 is 5.97 Å². The van der Waals surface area contributed by atoms with Crippen LogP contribution < -0.4 is 5.32 Å². The maximum atomic E-state index is 13.4. The molecule has 19 heavy (non-hydrogen) atoms. The van der Waals surface area contributed by atoms with E-state index >= 15 is 0 Å². The van der Waals surface area contributed by atoms with Gasteiger partial charge in [0, 0.05) is 6.07 Å². The number of hydrogen-bond donors (Lipinski definition) is 1. The van der Waals surface area contributed by atoms with Crippen LogP contribution in [-0.2, 0) is 9.53 Å². The molecule has 7 heteroatoms. The monoisotopic (exact) mass is 279 g/mol. The van der Waals surface area contributed by atoms with E-state index in [0.29, 0.717) is 0 Å². The van der Waals surface area contributed by atoms with Crippen molar-refractivity contribution < 1.29 is 27.1 Å². The maximum Gasteiger partial charge on any atom is 0.328 e. The van der Waals surface area contributed by atoms with Crippen LogP contribution in [0.2, 0.25) is 0 Å². The summed E-state index contributed by atoms with van der Waals surface area (Å²) in [6, 6.07) is -0.994. The largest absolute Gasteiger partial charge is 0.464 e. The number of esters is 1. The minimum Gasteiger partial charge on any atom is -0.464 e. The molecule has 1 atom stereocenters. The Bertz CT molecular complexity index is 453. The Morgan fingerprint density at radius 3 is 2.16 bits per heavy atom. The van der Waals surface area contributed by atoms with E-state index in [2.05, 4.69) is 10.1 Å². The molecule has 0 fully saturated rings. The van der Waals surface area contributed by atoms with Gasteiger partial charge in [-0.25, -0.2) is 22.4 Å². The summed E-state index contributed by atoms with van der Waals surface area (Å²) in [6.45, 7) is 3.20. The fourth-order valence-electron chi connectivity index (χ4n) is 1.44. The number of nitrogens with one attached hydrogen (secondary N) is 1. The van der Waals surface area contributed by atoms with Gasteiger partial charge in [0.15, 0.2) is 23.3 Å². The number of carbonyl (C=O) groups excluding carboxylic acids is 1. The summed E-state index contributed by atoms with van der Waals surface area (Å²) in [4.78, 5) is 11.5. The smallest absolute Gasteiger partial charge is 0.328 e. The van der Waals surface area contributed by atoms with Gasteiger partial charge in [0.2, 0.25) is 0 Å². The SMILES string of the molecule is CCOC(=O)C(CC)Nc1c(F)c(F)cc(F)c1F. The second kappa shape index (κ2) is 6.40. The van der Waals surface area contributed by atoms with Crippen molar-refractivity contribution in [2.45, 2.75) is 26.3 Å². The van der Waals surface area contributed by atoms with E-state index in [4.69, 9.17) is 0 Å². The number of rotatable bonds is 5. The van der Waals surface area contributed by atoms with Crippen LogP contribution in [0, 0.1) is 23.3 Å². The summed E-state index contributed by atoms with van der Waals surface area (Å²) < 4.78 is 57.4.